The maximum absolute atomic E-state index is 10.9. The Labute approximate surface area is 160 Å². The van der Waals surface area contributed by atoms with E-state index in [1.807, 2.05) is 42.5 Å². The Morgan fingerprint density at radius 3 is 2.44 bits per heavy atom. The zero-order valence-electron chi connectivity index (χ0n) is 15.4. The first-order valence-electron chi connectivity index (χ1n) is 9.86. The lowest BCUT2D eigenvalue weighted by Crippen LogP contribution is -2.24. The van der Waals surface area contributed by atoms with Gasteiger partial charge in [-0.25, -0.2) is 0 Å². The first-order chi connectivity index (χ1) is 13.2. The maximum Gasteiger partial charge on any atom is 0.306 e. The molecule has 0 aromatic heterocycles. The van der Waals surface area contributed by atoms with Crippen molar-refractivity contribution in [3.63, 3.8) is 0 Å². The molecule has 2 aliphatic rings. The van der Waals surface area contributed by atoms with Crippen molar-refractivity contribution in [2.75, 3.05) is 6.61 Å². The average Bonchev–Trinajstić information content (AvgIpc) is 3.48. The average molecular weight is 366 g/mol. The number of hydrogen-bond donors (Lipinski definition) is 1. The van der Waals surface area contributed by atoms with Gasteiger partial charge in [0.25, 0.3) is 0 Å². The molecule has 0 saturated heterocycles. The predicted octanol–water partition coefficient (Wildman–Crippen LogP) is 4.89. The van der Waals surface area contributed by atoms with Gasteiger partial charge in [-0.15, -0.1) is 0 Å². The second kappa shape index (κ2) is 8.03. The normalized spacial score (nSPS) is 27.0. The highest BCUT2D eigenvalue weighted by atomic mass is 16.5. The highest BCUT2D eigenvalue weighted by Gasteiger charge is 2.43. The zero-order chi connectivity index (χ0) is 18.6. The molecule has 0 aliphatic heterocycles. The van der Waals surface area contributed by atoms with Crippen LogP contribution in [0.1, 0.15) is 43.6 Å². The Kier molecular flexibility index (Phi) is 5.33. The fraction of sp³-hybridized carbons (Fsp3) is 0.435. The predicted molar refractivity (Wildman–Crippen MR) is 103 cm³/mol. The molecule has 0 bridgehead atoms. The Hall–Kier alpha value is -2.49. The topological polar surface area (TPSA) is 55.8 Å². The van der Waals surface area contributed by atoms with E-state index in [9.17, 15) is 4.79 Å². The van der Waals surface area contributed by atoms with E-state index in [0.29, 0.717) is 12.5 Å². The Balaban J connectivity index is 1.29. The lowest BCUT2D eigenvalue weighted by Gasteiger charge is -2.30. The van der Waals surface area contributed by atoms with E-state index in [4.69, 9.17) is 14.6 Å². The molecule has 27 heavy (non-hydrogen) atoms. The summed E-state index contributed by atoms with van der Waals surface area (Å²) in [5.74, 6) is 1.53. The minimum absolute atomic E-state index is 0.163. The number of ether oxygens (including phenoxy) is 2. The summed E-state index contributed by atoms with van der Waals surface area (Å²) in [6.07, 6.45) is 5.52. The van der Waals surface area contributed by atoms with Gasteiger partial charge in [-0.2, -0.15) is 0 Å². The number of benzene rings is 2. The van der Waals surface area contributed by atoms with Gasteiger partial charge < -0.3 is 14.6 Å². The van der Waals surface area contributed by atoms with E-state index in [-0.39, 0.29) is 17.9 Å². The van der Waals surface area contributed by atoms with Crippen LogP contribution in [0.4, 0.5) is 0 Å². The van der Waals surface area contributed by atoms with Crippen molar-refractivity contribution in [3.8, 4) is 11.5 Å². The van der Waals surface area contributed by atoms with Gasteiger partial charge in [0.15, 0.2) is 0 Å². The third kappa shape index (κ3) is 4.62. The summed E-state index contributed by atoms with van der Waals surface area (Å²) < 4.78 is 11.9. The van der Waals surface area contributed by atoms with E-state index >= 15 is 0 Å². The smallest absolute Gasteiger partial charge is 0.306 e. The van der Waals surface area contributed by atoms with Crippen molar-refractivity contribution in [2.24, 2.45) is 11.8 Å². The van der Waals surface area contributed by atoms with Gasteiger partial charge in [-0.05, 0) is 67.9 Å². The highest BCUT2D eigenvalue weighted by Crippen LogP contribution is 2.39. The van der Waals surface area contributed by atoms with Crippen molar-refractivity contribution in [2.45, 2.75) is 44.1 Å². The molecule has 4 heteroatoms. The largest absolute Gasteiger partial charge is 0.493 e. The van der Waals surface area contributed by atoms with Crippen molar-refractivity contribution >= 4 is 5.97 Å². The molecule has 2 aromatic carbocycles. The van der Waals surface area contributed by atoms with Crippen LogP contribution in [-0.4, -0.2) is 23.8 Å². The van der Waals surface area contributed by atoms with Crippen LogP contribution in [0.2, 0.25) is 0 Å². The van der Waals surface area contributed by atoms with Crippen LogP contribution in [0.15, 0.2) is 54.6 Å². The second-order valence-corrected chi connectivity index (χ2v) is 7.74. The summed E-state index contributed by atoms with van der Waals surface area (Å²) in [6.45, 7) is 0.493. The van der Waals surface area contributed by atoms with Crippen LogP contribution < -0.4 is 9.47 Å². The molecule has 4 atom stereocenters. The van der Waals surface area contributed by atoms with Crippen LogP contribution in [0.3, 0.4) is 0 Å². The maximum atomic E-state index is 10.9. The molecule has 2 saturated carbocycles. The SMILES string of the molecule is O=C(O)[C@H]1C[C@@H]1COc1ccc([C@@H]2CCC[C@H](Oc3ccccc3)C2)cc1. The first-order valence-corrected chi connectivity index (χ1v) is 9.86. The van der Waals surface area contributed by atoms with Crippen molar-refractivity contribution in [1.82, 2.24) is 0 Å². The highest BCUT2D eigenvalue weighted by molar-refractivity contribution is 5.73. The lowest BCUT2D eigenvalue weighted by atomic mass is 9.82. The zero-order valence-corrected chi connectivity index (χ0v) is 15.4. The standard InChI is InChI=1S/C23H26O4/c24-23(25)22-14-18(22)15-26-19-11-9-16(10-12-19)17-5-4-8-21(13-17)27-20-6-2-1-3-7-20/h1-3,6-7,9-12,17-18,21-22H,4-5,8,13-15H2,(H,24,25)/t17-,18-,21+,22+/m1/s1. The van der Waals surface area contributed by atoms with Crippen LogP contribution in [0.5, 0.6) is 11.5 Å². The number of aliphatic carboxylic acids is 1. The van der Waals surface area contributed by atoms with Gasteiger partial charge >= 0.3 is 5.97 Å². The number of carboxylic acids is 1. The first kappa shape index (κ1) is 17.9. The Morgan fingerprint density at radius 1 is 0.963 bits per heavy atom. The van der Waals surface area contributed by atoms with Crippen molar-refractivity contribution in [1.29, 1.82) is 0 Å². The van der Waals surface area contributed by atoms with E-state index < -0.39 is 5.97 Å². The second-order valence-electron chi connectivity index (χ2n) is 7.74. The summed E-state index contributed by atoms with van der Waals surface area (Å²) in [4.78, 5) is 10.9. The molecule has 0 amide bonds. The molecule has 0 heterocycles. The number of para-hydroxylation sites is 1. The van der Waals surface area contributed by atoms with Gasteiger partial charge in [-0.1, -0.05) is 30.3 Å². The quantitative estimate of drug-likeness (QED) is 0.758. The summed E-state index contributed by atoms with van der Waals surface area (Å²) in [5.41, 5.74) is 1.33. The van der Waals surface area contributed by atoms with Crippen LogP contribution in [0, 0.1) is 11.8 Å². The number of carboxylic acid groups (broad SMARTS) is 1. The molecule has 0 unspecified atom stereocenters. The monoisotopic (exact) mass is 366 g/mol. The molecule has 1 N–H and O–H groups in total. The summed E-state index contributed by atoms with van der Waals surface area (Å²) in [5, 5.41) is 8.95. The third-order valence-electron chi connectivity index (χ3n) is 5.73. The van der Waals surface area contributed by atoms with E-state index in [2.05, 4.69) is 12.1 Å². The summed E-state index contributed by atoms with van der Waals surface area (Å²) in [6, 6.07) is 18.4. The molecule has 2 aliphatic carbocycles. The summed E-state index contributed by atoms with van der Waals surface area (Å²) in [7, 11) is 0. The molecular formula is C23H26O4. The molecule has 142 valence electrons. The third-order valence-corrected chi connectivity index (χ3v) is 5.73. The molecule has 2 aromatic rings. The lowest BCUT2D eigenvalue weighted by molar-refractivity contribution is -0.138. The fourth-order valence-corrected chi connectivity index (χ4v) is 4.02. The van der Waals surface area contributed by atoms with Gasteiger partial charge in [-0.3, -0.25) is 4.79 Å². The molecule has 0 spiro atoms. The molecule has 4 rings (SSSR count). The van der Waals surface area contributed by atoms with Gasteiger partial charge in [0, 0.05) is 5.92 Å². The Bertz CT molecular complexity index is 756. The van der Waals surface area contributed by atoms with E-state index in [1.54, 1.807) is 0 Å². The number of hydrogen-bond acceptors (Lipinski definition) is 3. The van der Waals surface area contributed by atoms with Crippen LogP contribution >= 0.6 is 0 Å². The molecular weight excluding hydrogens is 340 g/mol. The van der Waals surface area contributed by atoms with Gasteiger partial charge in [0.1, 0.15) is 11.5 Å². The van der Waals surface area contributed by atoms with Gasteiger partial charge in [0.2, 0.25) is 0 Å². The van der Waals surface area contributed by atoms with Gasteiger partial charge in [0.05, 0.1) is 18.6 Å². The number of rotatable bonds is 7. The minimum atomic E-state index is -0.705. The molecule has 4 nitrogen and oxygen atoms in total. The fourth-order valence-electron chi connectivity index (χ4n) is 4.02. The van der Waals surface area contributed by atoms with Crippen molar-refractivity contribution in [3.05, 3.63) is 60.2 Å². The van der Waals surface area contributed by atoms with E-state index in [0.717, 1.165) is 30.8 Å². The summed E-state index contributed by atoms with van der Waals surface area (Å²) >= 11 is 0. The number of carbonyl (C=O) groups is 1. The van der Waals surface area contributed by atoms with Crippen molar-refractivity contribution < 1.29 is 19.4 Å². The molecule has 2 fully saturated rings. The minimum Gasteiger partial charge on any atom is -0.493 e. The Morgan fingerprint density at radius 2 is 1.74 bits per heavy atom. The van der Waals surface area contributed by atoms with E-state index in [1.165, 1.54) is 18.4 Å². The van der Waals surface area contributed by atoms with Crippen LogP contribution in [-0.2, 0) is 4.79 Å². The molecule has 0 radical (unpaired) electrons. The van der Waals surface area contributed by atoms with Crippen LogP contribution in [0.25, 0.3) is 0 Å².